The number of aromatic nitrogens is 1. The Morgan fingerprint density at radius 2 is 1.95 bits per heavy atom. The third-order valence-electron chi connectivity index (χ3n) is 3.28. The van der Waals surface area contributed by atoms with Crippen LogP contribution in [0.4, 0.5) is 5.69 Å². The van der Waals surface area contributed by atoms with Gasteiger partial charge in [-0.3, -0.25) is 9.59 Å². The maximum absolute atomic E-state index is 11.9. The van der Waals surface area contributed by atoms with E-state index in [0.717, 1.165) is 5.56 Å². The van der Waals surface area contributed by atoms with Crippen molar-refractivity contribution in [1.29, 1.82) is 0 Å². The molecule has 0 saturated carbocycles. The Kier molecular flexibility index (Phi) is 4.90. The minimum atomic E-state index is -0.155. The van der Waals surface area contributed by atoms with E-state index in [1.165, 1.54) is 10.6 Å². The van der Waals surface area contributed by atoms with E-state index in [2.05, 4.69) is 5.32 Å². The van der Waals surface area contributed by atoms with Crippen molar-refractivity contribution in [3.8, 4) is 0 Å². The maximum atomic E-state index is 11.9. The number of carbonyl (C=O) groups is 1. The Morgan fingerprint density at radius 3 is 2.62 bits per heavy atom. The summed E-state index contributed by atoms with van der Waals surface area (Å²) < 4.78 is 1.42. The van der Waals surface area contributed by atoms with E-state index >= 15 is 0 Å². The fourth-order valence-corrected chi connectivity index (χ4v) is 2.04. The molecule has 110 valence electrons. The third-order valence-corrected chi connectivity index (χ3v) is 3.28. The molecule has 3 N–H and O–H groups in total. The second-order valence-corrected chi connectivity index (χ2v) is 4.97. The van der Waals surface area contributed by atoms with E-state index in [0.29, 0.717) is 18.5 Å². The lowest BCUT2D eigenvalue weighted by Crippen LogP contribution is -2.19. The highest BCUT2D eigenvalue weighted by molar-refractivity contribution is 5.90. The first-order valence-corrected chi connectivity index (χ1v) is 6.83. The van der Waals surface area contributed by atoms with Gasteiger partial charge in [-0.15, -0.1) is 0 Å². The molecule has 1 heterocycles. The number of hydrogen-bond donors (Lipinski definition) is 2. The lowest BCUT2D eigenvalue weighted by atomic mass is 10.0. The van der Waals surface area contributed by atoms with Crippen LogP contribution in [0.1, 0.15) is 24.4 Å². The lowest BCUT2D eigenvalue weighted by molar-refractivity contribution is -0.116. The Labute approximate surface area is 123 Å². The molecule has 1 amide bonds. The van der Waals surface area contributed by atoms with Crippen molar-refractivity contribution in [3.63, 3.8) is 0 Å². The molecule has 0 spiro atoms. The second kappa shape index (κ2) is 6.85. The van der Waals surface area contributed by atoms with E-state index in [1.807, 2.05) is 30.3 Å². The summed E-state index contributed by atoms with van der Waals surface area (Å²) in [4.78, 5) is 23.2. The molecule has 0 aliphatic rings. The van der Waals surface area contributed by atoms with Crippen LogP contribution in [0.5, 0.6) is 0 Å². The average molecular weight is 285 g/mol. The first kappa shape index (κ1) is 15.0. The summed E-state index contributed by atoms with van der Waals surface area (Å²) in [5.41, 5.74) is 7.57. The van der Waals surface area contributed by atoms with Gasteiger partial charge in [-0.05, 0) is 18.1 Å². The van der Waals surface area contributed by atoms with E-state index < -0.39 is 0 Å². The van der Waals surface area contributed by atoms with Gasteiger partial charge in [-0.1, -0.05) is 30.3 Å². The minimum absolute atomic E-state index is 0.111. The van der Waals surface area contributed by atoms with Gasteiger partial charge >= 0.3 is 0 Å². The Morgan fingerprint density at radius 1 is 1.24 bits per heavy atom. The number of pyridine rings is 1. The molecule has 0 radical (unpaired) electrons. The largest absolute Gasteiger partial charge is 0.325 e. The highest BCUT2D eigenvalue weighted by atomic mass is 16.1. The molecule has 0 fully saturated rings. The van der Waals surface area contributed by atoms with Crippen LogP contribution < -0.4 is 16.6 Å². The molecule has 0 aliphatic carbocycles. The van der Waals surface area contributed by atoms with Crippen LogP contribution >= 0.6 is 0 Å². The molecule has 2 rings (SSSR count). The molecule has 0 aliphatic heterocycles. The van der Waals surface area contributed by atoms with Gasteiger partial charge in [-0.25, -0.2) is 0 Å². The molecular formula is C16H19N3O2. The fraction of sp³-hybridized carbons (Fsp3) is 0.250. The van der Waals surface area contributed by atoms with Gasteiger partial charge in [0.15, 0.2) is 0 Å². The molecule has 1 aromatic carbocycles. The highest BCUT2D eigenvalue weighted by Gasteiger charge is 2.09. The first-order valence-electron chi connectivity index (χ1n) is 6.83. The van der Waals surface area contributed by atoms with E-state index in [4.69, 9.17) is 5.73 Å². The van der Waals surface area contributed by atoms with Crippen LogP contribution in [0.3, 0.4) is 0 Å². The maximum Gasteiger partial charge on any atom is 0.250 e. The number of hydrogen-bond acceptors (Lipinski definition) is 3. The van der Waals surface area contributed by atoms with Crippen LogP contribution in [-0.4, -0.2) is 10.5 Å². The van der Waals surface area contributed by atoms with Crippen molar-refractivity contribution in [2.75, 3.05) is 5.32 Å². The van der Waals surface area contributed by atoms with Gasteiger partial charge < -0.3 is 15.6 Å². The van der Waals surface area contributed by atoms with Crippen LogP contribution in [0.15, 0.2) is 53.5 Å². The van der Waals surface area contributed by atoms with Crippen LogP contribution in [0.25, 0.3) is 0 Å². The highest BCUT2D eigenvalue weighted by Crippen LogP contribution is 2.15. The zero-order valence-electron chi connectivity index (χ0n) is 12.0. The zero-order chi connectivity index (χ0) is 15.2. The van der Waals surface area contributed by atoms with Crippen molar-refractivity contribution < 1.29 is 4.79 Å². The van der Waals surface area contributed by atoms with Gasteiger partial charge in [0.1, 0.15) is 0 Å². The van der Waals surface area contributed by atoms with Crippen molar-refractivity contribution in [2.45, 2.75) is 18.9 Å². The molecule has 21 heavy (non-hydrogen) atoms. The summed E-state index contributed by atoms with van der Waals surface area (Å²) in [7, 11) is 1.64. The molecule has 0 bridgehead atoms. The molecule has 2 aromatic rings. The summed E-state index contributed by atoms with van der Waals surface area (Å²) >= 11 is 0. The molecule has 5 nitrogen and oxygen atoms in total. The predicted molar refractivity (Wildman–Crippen MR) is 82.9 cm³/mol. The number of nitrogens with zero attached hydrogens (tertiary/aromatic N) is 1. The van der Waals surface area contributed by atoms with Crippen LogP contribution in [-0.2, 0) is 11.8 Å². The summed E-state index contributed by atoms with van der Waals surface area (Å²) in [5, 5.41) is 2.76. The zero-order valence-corrected chi connectivity index (χ0v) is 12.0. The Hall–Kier alpha value is -2.40. The number of nitrogens with one attached hydrogen (secondary N) is 1. The number of aryl methyl sites for hydroxylation is 1. The average Bonchev–Trinajstić information content (AvgIpc) is 2.49. The van der Waals surface area contributed by atoms with Gasteiger partial charge in [0.2, 0.25) is 11.5 Å². The smallest absolute Gasteiger partial charge is 0.250 e. The number of carbonyl (C=O) groups excluding carboxylic acids is 1. The topological polar surface area (TPSA) is 77.1 Å². The summed E-state index contributed by atoms with van der Waals surface area (Å²) in [6.07, 6.45) is 2.50. The standard InChI is InChI=1S/C16H19N3O2/c1-19-11-13(7-10-16(19)21)18-15(20)9-8-14(17)12-5-3-2-4-6-12/h2-7,10-11,14H,8-9,17H2,1H3,(H,18,20). The lowest BCUT2D eigenvalue weighted by Gasteiger charge is -2.12. The number of amides is 1. The summed E-state index contributed by atoms with van der Waals surface area (Å²) in [6.45, 7) is 0. The molecule has 1 unspecified atom stereocenters. The SMILES string of the molecule is Cn1cc(NC(=O)CCC(N)c2ccccc2)ccc1=O. The normalized spacial score (nSPS) is 11.9. The van der Waals surface area contributed by atoms with Crippen molar-refractivity contribution in [3.05, 3.63) is 64.6 Å². The van der Waals surface area contributed by atoms with Crippen molar-refractivity contribution >= 4 is 11.6 Å². The molecule has 1 aromatic heterocycles. The van der Waals surface area contributed by atoms with E-state index in [-0.39, 0.29) is 17.5 Å². The quantitative estimate of drug-likeness (QED) is 0.879. The van der Waals surface area contributed by atoms with Gasteiger partial charge in [0, 0.05) is 31.8 Å². The third kappa shape index (κ3) is 4.29. The molecule has 0 saturated heterocycles. The van der Waals surface area contributed by atoms with E-state index in [9.17, 15) is 9.59 Å². The Bertz CT molecular complexity index is 665. The van der Waals surface area contributed by atoms with Gasteiger partial charge in [0.05, 0.1) is 5.69 Å². The summed E-state index contributed by atoms with van der Waals surface area (Å²) in [6, 6.07) is 12.6. The monoisotopic (exact) mass is 285 g/mol. The predicted octanol–water partition coefficient (Wildman–Crippen LogP) is 1.80. The molecule has 1 atom stereocenters. The summed E-state index contributed by atoms with van der Waals surface area (Å²) in [5.74, 6) is -0.111. The van der Waals surface area contributed by atoms with Gasteiger partial charge in [0.25, 0.3) is 0 Å². The first-order chi connectivity index (χ1) is 10.1. The van der Waals surface area contributed by atoms with Crippen molar-refractivity contribution in [1.82, 2.24) is 4.57 Å². The Balaban J connectivity index is 1.87. The van der Waals surface area contributed by atoms with Crippen molar-refractivity contribution in [2.24, 2.45) is 12.8 Å². The fourth-order valence-electron chi connectivity index (χ4n) is 2.04. The van der Waals surface area contributed by atoms with Crippen LogP contribution in [0.2, 0.25) is 0 Å². The van der Waals surface area contributed by atoms with Crippen LogP contribution in [0, 0.1) is 0 Å². The van der Waals surface area contributed by atoms with Gasteiger partial charge in [-0.2, -0.15) is 0 Å². The number of benzene rings is 1. The second-order valence-electron chi connectivity index (χ2n) is 4.97. The number of nitrogens with two attached hydrogens (primary N) is 1. The number of anilines is 1. The minimum Gasteiger partial charge on any atom is -0.325 e. The molecule has 5 heteroatoms. The number of rotatable bonds is 5. The van der Waals surface area contributed by atoms with E-state index in [1.54, 1.807) is 19.3 Å². The molecular weight excluding hydrogens is 266 g/mol.